The first-order valence-electron chi connectivity index (χ1n) is 8.79. The summed E-state index contributed by atoms with van der Waals surface area (Å²) in [5.74, 6) is 0.296. The fraction of sp³-hybridized carbons (Fsp3) is 0.316. The van der Waals surface area contributed by atoms with Gasteiger partial charge >= 0.3 is 0 Å². The predicted octanol–water partition coefficient (Wildman–Crippen LogP) is 3.53. The summed E-state index contributed by atoms with van der Waals surface area (Å²) in [6, 6.07) is 11.2. The van der Waals surface area contributed by atoms with E-state index in [-0.39, 0.29) is 0 Å². The smallest absolute Gasteiger partial charge is 0.199 e. The summed E-state index contributed by atoms with van der Waals surface area (Å²) in [4.78, 5) is 21.5. The van der Waals surface area contributed by atoms with Gasteiger partial charge < -0.3 is 9.88 Å². The zero-order chi connectivity index (χ0) is 18.1. The molecule has 0 bridgehead atoms. The number of likely N-dealkylation sites (tertiary alicyclic amines) is 1. The molecule has 134 valence electrons. The number of nitrogens with zero attached hydrogens (tertiary/aromatic N) is 4. The summed E-state index contributed by atoms with van der Waals surface area (Å²) in [7, 11) is 2.16. The quantitative estimate of drug-likeness (QED) is 0.562. The van der Waals surface area contributed by atoms with Gasteiger partial charge in [0.15, 0.2) is 10.9 Å². The number of benzene rings is 1. The number of aromatic nitrogens is 2. The summed E-state index contributed by atoms with van der Waals surface area (Å²) in [6.45, 7) is 1.13. The standard InChI is InChI=1S/C19H21N5O2/c1-22-10-4-5-15(22)11-14-13-21-18-8-7-16(12-17(14)18)23(24(25)26)19-6-2-3-9-20-19/h2-3,6-9,12-13,15,21H,4-5,10-11H2,1H3. The van der Waals surface area contributed by atoms with Crippen molar-refractivity contribution in [1.82, 2.24) is 14.9 Å². The van der Waals surface area contributed by atoms with Crippen LogP contribution in [0.4, 0.5) is 11.5 Å². The number of nitrogens with one attached hydrogen (secondary N) is 1. The van der Waals surface area contributed by atoms with Crippen LogP contribution in [0.25, 0.3) is 10.9 Å². The lowest BCUT2D eigenvalue weighted by Gasteiger charge is -2.19. The minimum Gasteiger partial charge on any atom is -0.361 e. The van der Waals surface area contributed by atoms with Crippen molar-refractivity contribution in [3.8, 4) is 0 Å². The number of pyridine rings is 1. The number of hydrogen-bond donors (Lipinski definition) is 1. The SMILES string of the molecule is CN1CCCC1Cc1c[nH]c2ccc(N(c3ccccn3)[N+](=O)[O-])cc12. The molecule has 3 aromatic rings. The van der Waals surface area contributed by atoms with Gasteiger partial charge in [0.2, 0.25) is 0 Å². The van der Waals surface area contributed by atoms with Gasteiger partial charge in [0.1, 0.15) is 5.69 Å². The van der Waals surface area contributed by atoms with E-state index in [9.17, 15) is 10.1 Å². The summed E-state index contributed by atoms with van der Waals surface area (Å²) < 4.78 is 0. The molecule has 0 saturated carbocycles. The third-order valence-electron chi connectivity index (χ3n) is 5.15. The van der Waals surface area contributed by atoms with E-state index < -0.39 is 5.03 Å². The lowest BCUT2D eigenvalue weighted by molar-refractivity contribution is -0.483. The van der Waals surface area contributed by atoms with E-state index in [1.54, 1.807) is 30.5 Å². The number of rotatable bonds is 5. The Hall–Kier alpha value is -2.93. The molecule has 2 aromatic heterocycles. The predicted molar refractivity (Wildman–Crippen MR) is 101 cm³/mol. The fourth-order valence-electron chi connectivity index (χ4n) is 3.75. The lowest BCUT2D eigenvalue weighted by Crippen LogP contribution is -2.26. The van der Waals surface area contributed by atoms with Gasteiger partial charge in [-0.05, 0) is 73.8 Å². The number of hydrogen-bond acceptors (Lipinski definition) is 4. The Morgan fingerprint density at radius 2 is 2.27 bits per heavy atom. The highest BCUT2D eigenvalue weighted by atomic mass is 16.7. The van der Waals surface area contributed by atoms with Crippen LogP contribution in [0.15, 0.2) is 48.8 Å². The molecule has 1 unspecified atom stereocenters. The van der Waals surface area contributed by atoms with Gasteiger partial charge in [0, 0.05) is 29.3 Å². The Kier molecular flexibility index (Phi) is 4.30. The number of likely N-dealkylation sites (N-methyl/N-ethyl adjacent to an activating group) is 1. The molecular formula is C19H21N5O2. The van der Waals surface area contributed by atoms with E-state index in [1.807, 2.05) is 18.3 Å². The molecule has 7 nitrogen and oxygen atoms in total. The van der Waals surface area contributed by atoms with Crippen LogP contribution in [0.3, 0.4) is 0 Å². The molecule has 1 saturated heterocycles. The van der Waals surface area contributed by atoms with E-state index in [2.05, 4.69) is 21.9 Å². The van der Waals surface area contributed by atoms with Gasteiger partial charge in [-0.15, -0.1) is 0 Å². The van der Waals surface area contributed by atoms with E-state index in [4.69, 9.17) is 0 Å². The molecule has 7 heteroatoms. The topological polar surface area (TPSA) is 78.3 Å². The molecule has 0 amide bonds. The molecule has 0 radical (unpaired) electrons. The van der Waals surface area contributed by atoms with Crippen molar-refractivity contribution in [3.05, 3.63) is 64.5 Å². The Morgan fingerprint density at radius 3 is 2.96 bits per heavy atom. The van der Waals surface area contributed by atoms with Crippen LogP contribution in [0.5, 0.6) is 0 Å². The number of fused-ring (bicyclic) bond motifs is 1. The maximum absolute atomic E-state index is 11.7. The summed E-state index contributed by atoms with van der Waals surface area (Å²) in [5.41, 5.74) is 2.69. The highest BCUT2D eigenvalue weighted by molar-refractivity contribution is 5.87. The van der Waals surface area contributed by atoms with Crippen LogP contribution < -0.4 is 5.01 Å². The van der Waals surface area contributed by atoms with Crippen molar-refractivity contribution in [2.45, 2.75) is 25.3 Å². The van der Waals surface area contributed by atoms with Crippen LogP contribution in [0.2, 0.25) is 0 Å². The van der Waals surface area contributed by atoms with Crippen LogP contribution in [0.1, 0.15) is 18.4 Å². The second-order valence-corrected chi connectivity index (χ2v) is 6.76. The van der Waals surface area contributed by atoms with E-state index in [0.717, 1.165) is 28.9 Å². The maximum Gasteiger partial charge on any atom is 0.199 e. The molecule has 1 fully saturated rings. The van der Waals surface area contributed by atoms with Crippen LogP contribution in [-0.2, 0) is 6.42 Å². The van der Waals surface area contributed by atoms with Gasteiger partial charge in [-0.3, -0.25) is 0 Å². The summed E-state index contributed by atoms with van der Waals surface area (Å²) in [6.07, 6.45) is 6.95. The molecule has 1 aliphatic rings. The Morgan fingerprint density at radius 1 is 1.38 bits per heavy atom. The Labute approximate surface area is 151 Å². The van der Waals surface area contributed by atoms with Gasteiger partial charge in [0.05, 0.1) is 0 Å². The van der Waals surface area contributed by atoms with Gasteiger partial charge in [-0.2, -0.15) is 0 Å². The highest BCUT2D eigenvalue weighted by Gasteiger charge is 2.24. The minimum absolute atomic E-state index is 0.296. The minimum atomic E-state index is -0.430. The largest absolute Gasteiger partial charge is 0.361 e. The van der Waals surface area contributed by atoms with E-state index in [0.29, 0.717) is 17.5 Å². The van der Waals surface area contributed by atoms with Crippen LogP contribution in [0, 0.1) is 10.1 Å². The first-order chi connectivity index (χ1) is 12.6. The third-order valence-corrected chi connectivity index (χ3v) is 5.15. The average molecular weight is 351 g/mol. The monoisotopic (exact) mass is 351 g/mol. The normalized spacial score (nSPS) is 17.7. The number of anilines is 2. The van der Waals surface area contributed by atoms with Gasteiger partial charge in [-0.1, -0.05) is 6.07 Å². The third kappa shape index (κ3) is 3.01. The van der Waals surface area contributed by atoms with Crippen molar-refractivity contribution >= 4 is 22.4 Å². The zero-order valence-corrected chi connectivity index (χ0v) is 14.6. The number of aromatic amines is 1. The fourth-order valence-corrected chi connectivity index (χ4v) is 3.75. The molecule has 4 rings (SSSR count). The molecule has 1 N–H and O–H groups in total. The molecule has 1 aromatic carbocycles. The van der Waals surface area contributed by atoms with E-state index >= 15 is 0 Å². The second-order valence-electron chi connectivity index (χ2n) is 6.76. The number of hydrazine groups is 1. The van der Waals surface area contributed by atoms with Crippen molar-refractivity contribution in [1.29, 1.82) is 0 Å². The summed E-state index contributed by atoms with van der Waals surface area (Å²) in [5, 5.41) is 13.3. The average Bonchev–Trinajstić information content (AvgIpc) is 3.23. The molecule has 1 atom stereocenters. The molecule has 3 heterocycles. The van der Waals surface area contributed by atoms with Crippen molar-refractivity contribution in [3.63, 3.8) is 0 Å². The molecule has 0 spiro atoms. The van der Waals surface area contributed by atoms with Crippen LogP contribution >= 0.6 is 0 Å². The first-order valence-corrected chi connectivity index (χ1v) is 8.79. The van der Waals surface area contributed by atoms with Gasteiger partial charge in [-0.25, -0.2) is 15.1 Å². The molecule has 1 aliphatic heterocycles. The maximum atomic E-state index is 11.7. The van der Waals surface area contributed by atoms with Gasteiger partial charge in [0.25, 0.3) is 0 Å². The van der Waals surface area contributed by atoms with Crippen molar-refractivity contribution in [2.75, 3.05) is 18.6 Å². The Bertz CT molecular complexity index is 924. The molecule has 0 aliphatic carbocycles. The molecule has 26 heavy (non-hydrogen) atoms. The molecular weight excluding hydrogens is 330 g/mol. The number of H-pyrrole nitrogens is 1. The summed E-state index contributed by atoms with van der Waals surface area (Å²) >= 11 is 0. The zero-order valence-electron chi connectivity index (χ0n) is 14.6. The van der Waals surface area contributed by atoms with E-state index in [1.165, 1.54) is 18.4 Å². The highest BCUT2D eigenvalue weighted by Crippen LogP contribution is 2.30. The first kappa shape index (κ1) is 16.5. The number of nitro groups is 1. The Balaban J connectivity index is 1.72. The van der Waals surface area contributed by atoms with Crippen molar-refractivity contribution in [2.24, 2.45) is 0 Å². The van der Waals surface area contributed by atoms with Crippen LogP contribution in [-0.4, -0.2) is 39.5 Å². The lowest BCUT2D eigenvalue weighted by atomic mass is 10.0. The van der Waals surface area contributed by atoms with Crippen molar-refractivity contribution < 1.29 is 5.03 Å². The second kappa shape index (κ2) is 6.76.